The van der Waals surface area contributed by atoms with Crippen LogP contribution >= 0.6 is 0 Å². The molecule has 0 radical (unpaired) electrons. The lowest BCUT2D eigenvalue weighted by molar-refractivity contribution is -0.386. The topological polar surface area (TPSA) is 74.5 Å². The summed E-state index contributed by atoms with van der Waals surface area (Å²) in [6.07, 6.45) is 4.91. The molecule has 7 heteroatoms. The highest BCUT2D eigenvalue weighted by atomic mass is 28.4. The third-order valence-electron chi connectivity index (χ3n) is 5.55. The van der Waals surface area contributed by atoms with Gasteiger partial charge in [0.15, 0.2) is 0 Å². The summed E-state index contributed by atoms with van der Waals surface area (Å²) in [6, 6.07) is 4.85. The van der Waals surface area contributed by atoms with Gasteiger partial charge in [-0.15, -0.1) is 0 Å². The molecule has 1 aromatic rings. The van der Waals surface area contributed by atoms with E-state index in [4.69, 9.17) is 9.16 Å². The molecule has 0 amide bonds. The largest absolute Gasteiger partial charge is 0.547 e. The third kappa shape index (κ3) is 4.96. The van der Waals surface area contributed by atoms with Crippen molar-refractivity contribution in [1.29, 1.82) is 0 Å². The summed E-state index contributed by atoms with van der Waals surface area (Å²) in [5.74, 6) is 0.925. The highest BCUT2D eigenvalue weighted by Gasteiger charge is 2.38. The SMILES string of the molecule is CC[Si](CC)(CC)OC1=C[C@@H](C(C)(C)C)O[C@@H](c2ccncc2[N+](=O)[O-])C1. The molecule has 0 aliphatic carbocycles. The summed E-state index contributed by atoms with van der Waals surface area (Å²) in [6.45, 7) is 12.9. The average Bonchev–Trinajstić information content (AvgIpc) is 2.65. The van der Waals surface area contributed by atoms with Crippen molar-refractivity contribution in [2.45, 2.75) is 78.3 Å². The molecule has 2 rings (SSSR count). The summed E-state index contributed by atoms with van der Waals surface area (Å²) in [5, 5.41) is 11.5. The molecule has 2 heterocycles. The van der Waals surface area contributed by atoms with Crippen molar-refractivity contribution in [3.63, 3.8) is 0 Å². The minimum absolute atomic E-state index is 0.00129. The fraction of sp³-hybridized carbons (Fsp3) is 0.650. The van der Waals surface area contributed by atoms with E-state index in [1.54, 1.807) is 12.3 Å². The molecule has 0 unspecified atom stereocenters. The molecule has 150 valence electrons. The van der Waals surface area contributed by atoms with E-state index in [-0.39, 0.29) is 22.1 Å². The first kappa shape index (κ1) is 21.6. The third-order valence-corrected chi connectivity index (χ3v) is 10.1. The zero-order chi connectivity index (χ0) is 20.2. The van der Waals surface area contributed by atoms with Gasteiger partial charge < -0.3 is 9.16 Å². The van der Waals surface area contributed by atoms with Gasteiger partial charge in [0.25, 0.3) is 5.69 Å². The van der Waals surface area contributed by atoms with Gasteiger partial charge in [-0.05, 0) is 35.7 Å². The van der Waals surface area contributed by atoms with Crippen molar-refractivity contribution in [2.75, 3.05) is 0 Å². The highest BCUT2D eigenvalue weighted by molar-refractivity contribution is 6.73. The van der Waals surface area contributed by atoms with E-state index in [2.05, 4.69) is 52.6 Å². The number of hydrogen-bond donors (Lipinski definition) is 0. The molecule has 0 bridgehead atoms. The van der Waals surface area contributed by atoms with E-state index in [9.17, 15) is 10.1 Å². The van der Waals surface area contributed by atoms with Gasteiger partial charge in [-0.1, -0.05) is 41.5 Å². The lowest BCUT2D eigenvalue weighted by atomic mass is 9.86. The highest BCUT2D eigenvalue weighted by Crippen LogP contribution is 2.41. The van der Waals surface area contributed by atoms with E-state index in [1.807, 2.05) is 0 Å². The molecule has 6 nitrogen and oxygen atoms in total. The molecule has 0 fully saturated rings. The summed E-state index contributed by atoms with van der Waals surface area (Å²) in [7, 11) is -1.83. The van der Waals surface area contributed by atoms with Crippen LogP contribution in [-0.2, 0) is 9.16 Å². The molecule has 1 aliphatic heterocycles. The van der Waals surface area contributed by atoms with Crippen LogP contribution in [0.15, 0.2) is 30.3 Å². The molecule has 0 saturated carbocycles. The maximum Gasteiger partial charge on any atom is 0.293 e. The van der Waals surface area contributed by atoms with Gasteiger partial charge in [0.05, 0.1) is 28.5 Å². The van der Waals surface area contributed by atoms with Gasteiger partial charge in [0.1, 0.15) is 6.20 Å². The smallest absolute Gasteiger partial charge is 0.293 e. The fourth-order valence-electron chi connectivity index (χ4n) is 3.46. The van der Waals surface area contributed by atoms with Gasteiger partial charge in [0.2, 0.25) is 8.32 Å². The van der Waals surface area contributed by atoms with Crippen molar-refractivity contribution in [1.82, 2.24) is 4.98 Å². The van der Waals surface area contributed by atoms with E-state index in [0.29, 0.717) is 12.0 Å². The van der Waals surface area contributed by atoms with Gasteiger partial charge in [-0.25, -0.2) is 0 Å². The van der Waals surface area contributed by atoms with Crippen LogP contribution in [0, 0.1) is 15.5 Å². The Balaban J connectivity index is 2.41. The molecular weight excluding hydrogens is 360 g/mol. The fourth-order valence-corrected chi connectivity index (χ4v) is 6.10. The molecular formula is C20H32N2O4Si. The van der Waals surface area contributed by atoms with Crippen LogP contribution in [-0.4, -0.2) is 24.3 Å². The van der Waals surface area contributed by atoms with E-state index in [1.165, 1.54) is 6.20 Å². The van der Waals surface area contributed by atoms with Crippen molar-refractivity contribution < 1.29 is 14.1 Å². The predicted octanol–water partition coefficient (Wildman–Crippen LogP) is 5.77. The number of rotatable bonds is 7. The standard InChI is InChI=1S/C20H32N2O4Si/c1-7-27(8-2,9-3)26-15-12-18(25-19(13-15)20(4,5)6)16-10-11-21-14-17(16)22(23)24/h10-11,13-14,18-19H,7-9,12H2,1-6H3/t18-,19+/m1/s1. The van der Waals surface area contributed by atoms with Gasteiger partial charge in [0, 0.05) is 12.6 Å². The van der Waals surface area contributed by atoms with E-state index >= 15 is 0 Å². The Labute approximate surface area is 163 Å². The zero-order valence-corrected chi connectivity index (χ0v) is 18.3. The Morgan fingerprint density at radius 1 is 1.30 bits per heavy atom. The van der Waals surface area contributed by atoms with Crippen LogP contribution in [0.2, 0.25) is 18.1 Å². The molecule has 0 spiro atoms. The maximum absolute atomic E-state index is 11.5. The number of nitrogens with zero attached hydrogens (tertiary/aromatic N) is 2. The van der Waals surface area contributed by atoms with Gasteiger partial charge >= 0.3 is 0 Å². The Morgan fingerprint density at radius 3 is 2.44 bits per heavy atom. The number of hydrogen-bond acceptors (Lipinski definition) is 5. The van der Waals surface area contributed by atoms with Crippen molar-refractivity contribution in [3.05, 3.63) is 46.0 Å². The number of nitro groups is 1. The van der Waals surface area contributed by atoms with Crippen LogP contribution in [0.5, 0.6) is 0 Å². The second kappa shape index (κ2) is 8.52. The molecule has 1 aromatic heterocycles. The minimum atomic E-state index is -1.83. The van der Waals surface area contributed by atoms with Crippen molar-refractivity contribution in [2.24, 2.45) is 5.41 Å². The second-order valence-corrected chi connectivity index (χ2v) is 13.0. The summed E-state index contributed by atoms with van der Waals surface area (Å²) in [5.41, 5.74) is 0.431. The first-order chi connectivity index (χ1) is 12.7. The number of pyridine rings is 1. The summed E-state index contributed by atoms with van der Waals surface area (Å²) in [4.78, 5) is 15.0. The number of ether oxygens (including phenoxy) is 1. The first-order valence-corrected chi connectivity index (χ1v) is 12.3. The summed E-state index contributed by atoms with van der Waals surface area (Å²) >= 11 is 0. The van der Waals surface area contributed by atoms with Crippen LogP contribution in [0.4, 0.5) is 5.69 Å². The van der Waals surface area contributed by atoms with E-state index < -0.39 is 14.4 Å². The molecule has 0 aromatic carbocycles. The van der Waals surface area contributed by atoms with Gasteiger partial charge in [-0.3, -0.25) is 15.1 Å². The minimum Gasteiger partial charge on any atom is -0.547 e. The number of aromatic nitrogens is 1. The van der Waals surface area contributed by atoms with Crippen LogP contribution in [0.25, 0.3) is 0 Å². The monoisotopic (exact) mass is 392 g/mol. The maximum atomic E-state index is 11.5. The van der Waals surface area contributed by atoms with Crippen LogP contribution in [0.1, 0.15) is 59.6 Å². The zero-order valence-electron chi connectivity index (χ0n) is 17.3. The Bertz CT molecular complexity index is 687. The van der Waals surface area contributed by atoms with Crippen LogP contribution < -0.4 is 0 Å². The molecule has 2 atom stereocenters. The Morgan fingerprint density at radius 2 is 1.93 bits per heavy atom. The Hall–Kier alpha value is -1.73. The molecule has 0 N–H and O–H groups in total. The lowest BCUT2D eigenvalue weighted by Crippen LogP contribution is -2.38. The van der Waals surface area contributed by atoms with Gasteiger partial charge in [-0.2, -0.15) is 0 Å². The van der Waals surface area contributed by atoms with Crippen LogP contribution in [0.3, 0.4) is 0 Å². The van der Waals surface area contributed by atoms with Crippen molar-refractivity contribution >= 4 is 14.0 Å². The molecule has 0 saturated heterocycles. The van der Waals surface area contributed by atoms with Crippen molar-refractivity contribution in [3.8, 4) is 0 Å². The molecule has 1 aliphatic rings. The summed E-state index contributed by atoms with van der Waals surface area (Å²) < 4.78 is 12.9. The average molecular weight is 393 g/mol. The predicted molar refractivity (Wildman–Crippen MR) is 109 cm³/mol. The lowest BCUT2D eigenvalue weighted by Gasteiger charge is -2.39. The normalized spacial score (nSPS) is 20.9. The quantitative estimate of drug-likeness (QED) is 0.334. The van der Waals surface area contributed by atoms with E-state index in [0.717, 1.165) is 23.9 Å². The molecule has 27 heavy (non-hydrogen) atoms. The second-order valence-electron chi connectivity index (χ2n) is 8.29. The Kier molecular flexibility index (Phi) is 6.81. The first-order valence-electron chi connectivity index (χ1n) is 9.79.